The highest BCUT2D eigenvalue weighted by Gasteiger charge is 2.17. The Morgan fingerprint density at radius 1 is 1.12 bits per heavy atom. The molecule has 0 aliphatic heterocycles. The molecule has 1 saturated carbocycles. The monoisotopic (exact) mass is 228 g/mol. The summed E-state index contributed by atoms with van der Waals surface area (Å²) in [6.07, 6.45) is 13.4. The van der Waals surface area contributed by atoms with Crippen LogP contribution in [-0.2, 0) is 4.79 Å². The zero-order valence-electron chi connectivity index (χ0n) is 11.0. The lowest BCUT2D eigenvalue weighted by molar-refractivity contribution is -0.122. The van der Waals surface area contributed by atoms with Crippen LogP contribution >= 0.6 is 0 Å². The van der Waals surface area contributed by atoms with Gasteiger partial charge in [-0.1, -0.05) is 71.6 Å². The maximum Gasteiger partial charge on any atom is 0.290 e. The van der Waals surface area contributed by atoms with E-state index in [0.29, 0.717) is 0 Å². The molecule has 2 nitrogen and oxygen atoms in total. The SMILES string of the molecule is CCCCCCC1CCC(C)CC1.O=CO. The Morgan fingerprint density at radius 3 is 2.19 bits per heavy atom. The molecule has 0 spiro atoms. The van der Waals surface area contributed by atoms with E-state index >= 15 is 0 Å². The van der Waals surface area contributed by atoms with Crippen LogP contribution in [0.4, 0.5) is 0 Å². The van der Waals surface area contributed by atoms with E-state index in [1.807, 2.05) is 0 Å². The molecule has 1 aliphatic carbocycles. The summed E-state index contributed by atoms with van der Waals surface area (Å²) in [6, 6.07) is 0. The van der Waals surface area contributed by atoms with E-state index in [0.717, 1.165) is 11.8 Å². The maximum absolute atomic E-state index is 8.36. The number of carboxylic acid groups (broad SMARTS) is 1. The lowest BCUT2D eigenvalue weighted by Gasteiger charge is -2.25. The second-order valence-electron chi connectivity index (χ2n) is 5.08. The van der Waals surface area contributed by atoms with Crippen molar-refractivity contribution in [2.24, 2.45) is 11.8 Å². The number of rotatable bonds is 5. The third kappa shape index (κ3) is 8.75. The Hall–Kier alpha value is -0.530. The van der Waals surface area contributed by atoms with Gasteiger partial charge in [-0.3, -0.25) is 4.79 Å². The number of hydrogen-bond donors (Lipinski definition) is 1. The van der Waals surface area contributed by atoms with Gasteiger partial charge < -0.3 is 5.11 Å². The minimum Gasteiger partial charge on any atom is -0.483 e. The van der Waals surface area contributed by atoms with Crippen molar-refractivity contribution in [3.8, 4) is 0 Å². The molecule has 0 saturated heterocycles. The van der Waals surface area contributed by atoms with Gasteiger partial charge in [0.25, 0.3) is 6.47 Å². The largest absolute Gasteiger partial charge is 0.483 e. The van der Waals surface area contributed by atoms with Gasteiger partial charge in [-0.15, -0.1) is 0 Å². The predicted octanol–water partition coefficient (Wildman–Crippen LogP) is 4.48. The summed E-state index contributed by atoms with van der Waals surface area (Å²) in [5.74, 6) is 2.11. The highest BCUT2D eigenvalue weighted by Crippen LogP contribution is 2.31. The molecule has 0 aromatic carbocycles. The van der Waals surface area contributed by atoms with E-state index < -0.39 is 0 Å². The second-order valence-corrected chi connectivity index (χ2v) is 5.08. The zero-order valence-corrected chi connectivity index (χ0v) is 11.0. The first-order valence-electron chi connectivity index (χ1n) is 6.82. The van der Waals surface area contributed by atoms with E-state index in [-0.39, 0.29) is 6.47 Å². The van der Waals surface area contributed by atoms with Crippen LogP contribution in [0.25, 0.3) is 0 Å². The van der Waals surface area contributed by atoms with Gasteiger partial charge >= 0.3 is 0 Å². The lowest BCUT2D eigenvalue weighted by atomic mass is 9.80. The van der Waals surface area contributed by atoms with Gasteiger partial charge in [0, 0.05) is 0 Å². The molecular formula is C14H28O2. The lowest BCUT2D eigenvalue weighted by Crippen LogP contribution is -2.11. The molecule has 0 amide bonds. The van der Waals surface area contributed by atoms with Crippen molar-refractivity contribution in [3.05, 3.63) is 0 Å². The quantitative estimate of drug-likeness (QED) is 0.556. The Balaban J connectivity index is 0.000000673. The van der Waals surface area contributed by atoms with Crippen LogP contribution in [0.1, 0.15) is 71.6 Å². The molecule has 0 aromatic rings. The summed E-state index contributed by atoms with van der Waals surface area (Å²) >= 11 is 0. The van der Waals surface area contributed by atoms with Gasteiger partial charge in [0.2, 0.25) is 0 Å². The van der Waals surface area contributed by atoms with E-state index in [2.05, 4.69) is 13.8 Å². The fourth-order valence-electron chi connectivity index (χ4n) is 2.48. The van der Waals surface area contributed by atoms with Crippen LogP contribution in [-0.4, -0.2) is 11.6 Å². The van der Waals surface area contributed by atoms with Crippen molar-refractivity contribution >= 4 is 6.47 Å². The van der Waals surface area contributed by atoms with Crippen LogP contribution in [0.5, 0.6) is 0 Å². The van der Waals surface area contributed by atoms with Gasteiger partial charge in [-0.05, 0) is 11.8 Å². The Morgan fingerprint density at radius 2 is 1.69 bits per heavy atom. The molecule has 0 aromatic heterocycles. The minimum absolute atomic E-state index is 0.250. The standard InChI is InChI=1S/C13H26.CH2O2/c1-3-4-5-6-7-13-10-8-12(2)9-11-13;2-1-3/h12-13H,3-11H2,1-2H3;1H,(H,2,3). The van der Waals surface area contributed by atoms with Gasteiger partial charge in [0.15, 0.2) is 0 Å². The summed E-state index contributed by atoms with van der Waals surface area (Å²) in [5.41, 5.74) is 0. The van der Waals surface area contributed by atoms with E-state index in [4.69, 9.17) is 9.90 Å². The van der Waals surface area contributed by atoms with Crippen molar-refractivity contribution in [1.29, 1.82) is 0 Å². The van der Waals surface area contributed by atoms with Crippen molar-refractivity contribution in [1.82, 2.24) is 0 Å². The molecule has 2 heteroatoms. The molecule has 1 fully saturated rings. The average molecular weight is 228 g/mol. The average Bonchev–Trinajstić information content (AvgIpc) is 2.28. The maximum atomic E-state index is 8.36. The number of unbranched alkanes of at least 4 members (excludes halogenated alkanes) is 3. The van der Waals surface area contributed by atoms with Crippen LogP contribution in [0.3, 0.4) is 0 Å². The molecule has 0 heterocycles. The third-order valence-electron chi connectivity index (χ3n) is 3.60. The zero-order chi connectivity index (χ0) is 12.2. The Bertz CT molecular complexity index is 149. The fourth-order valence-corrected chi connectivity index (χ4v) is 2.48. The molecule has 0 bridgehead atoms. The Kier molecular flexibility index (Phi) is 10.6. The first-order valence-corrected chi connectivity index (χ1v) is 6.82. The van der Waals surface area contributed by atoms with Crippen molar-refractivity contribution in [2.45, 2.75) is 71.6 Å². The molecule has 0 radical (unpaired) electrons. The predicted molar refractivity (Wildman–Crippen MR) is 68.6 cm³/mol. The second kappa shape index (κ2) is 11.0. The molecule has 96 valence electrons. The summed E-state index contributed by atoms with van der Waals surface area (Å²) in [6.45, 7) is 4.45. The fraction of sp³-hybridized carbons (Fsp3) is 0.929. The highest BCUT2D eigenvalue weighted by molar-refractivity contribution is 5.32. The summed E-state index contributed by atoms with van der Waals surface area (Å²) in [7, 11) is 0. The smallest absolute Gasteiger partial charge is 0.290 e. The van der Waals surface area contributed by atoms with Crippen LogP contribution in [0.2, 0.25) is 0 Å². The summed E-state index contributed by atoms with van der Waals surface area (Å²) in [4.78, 5) is 8.36. The van der Waals surface area contributed by atoms with Crippen molar-refractivity contribution in [3.63, 3.8) is 0 Å². The molecule has 0 atom stereocenters. The minimum atomic E-state index is -0.250. The number of hydrogen-bond acceptors (Lipinski definition) is 1. The van der Waals surface area contributed by atoms with E-state index in [9.17, 15) is 0 Å². The molecular weight excluding hydrogens is 200 g/mol. The summed E-state index contributed by atoms with van der Waals surface area (Å²) < 4.78 is 0. The van der Waals surface area contributed by atoms with Crippen LogP contribution in [0, 0.1) is 11.8 Å². The summed E-state index contributed by atoms with van der Waals surface area (Å²) in [5, 5.41) is 6.89. The van der Waals surface area contributed by atoms with Gasteiger partial charge in [-0.2, -0.15) is 0 Å². The van der Waals surface area contributed by atoms with E-state index in [1.165, 1.54) is 57.8 Å². The molecule has 16 heavy (non-hydrogen) atoms. The van der Waals surface area contributed by atoms with Crippen molar-refractivity contribution < 1.29 is 9.90 Å². The first-order chi connectivity index (χ1) is 7.74. The highest BCUT2D eigenvalue weighted by atomic mass is 16.3. The molecule has 1 aliphatic rings. The molecule has 1 rings (SSSR count). The third-order valence-corrected chi connectivity index (χ3v) is 3.60. The van der Waals surface area contributed by atoms with Gasteiger partial charge in [0.1, 0.15) is 0 Å². The van der Waals surface area contributed by atoms with Crippen LogP contribution in [0.15, 0.2) is 0 Å². The molecule has 1 N–H and O–H groups in total. The number of carbonyl (C=O) groups is 1. The topological polar surface area (TPSA) is 37.3 Å². The normalized spacial score (nSPS) is 24.4. The van der Waals surface area contributed by atoms with Crippen molar-refractivity contribution in [2.75, 3.05) is 0 Å². The van der Waals surface area contributed by atoms with Gasteiger partial charge in [-0.25, -0.2) is 0 Å². The van der Waals surface area contributed by atoms with E-state index in [1.54, 1.807) is 0 Å². The molecule has 0 unspecified atom stereocenters. The Labute approximate surface area is 100 Å². The first kappa shape index (κ1) is 15.5. The van der Waals surface area contributed by atoms with Gasteiger partial charge in [0.05, 0.1) is 0 Å². The van der Waals surface area contributed by atoms with Crippen LogP contribution < -0.4 is 0 Å².